The molecule has 0 unspecified atom stereocenters. The Morgan fingerprint density at radius 3 is 2.55 bits per heavy atom. The van der Waals surface area contributed by atoms with Crippen molar-refractivity contribution in [2.24, 2.45) is 0 Å². The Balaban J connectivity index is 1.57. The number of nitrogens with zero attached hydrogens (tertiary/aromatic N) is 1. The van der Waals surface area contributed by atoms with Crippen molar-refractivity contribution >= 4 is 5.78 Å². The summed E-state index contributed by atoms with van der Waals surface area (Å²) in [4.78, 5) is 12.4. The molecular formula is C22H23NO6. The second-order valence-electron chi connectivity index (χ2n) is 6.51. The van der Waals surface area contributed by atoms with Gasteiger partial charge in [0.2, 0.25) is 0 Å². The van der Waals surface area contributed by atoms with Gasteiger partial charge in [-0.25, -0.2) is 0 Å². The Bertz CT molecular complexity index is 932. The zero-order chi connectivity index (χ0) is 20.6. The van der Waals surface area contributed by atoms with E-state index in [0.29, 0.717) is 28.7 Å². The van der Waals surface area contributed by atoms with Gasteiger partial charge in [-0.05, 0) is 55.4 Å². The van der Waals surface area contributed by atoms with Gasteiger partial charge >= 0.3 is 0 Å². The van der Waals surface area contributed by atoms with E-state index < -0.39 is 0 Å². The SMILES string of the molecule is COCOc1cc(-c2ccc(OCC(=O)c3cccc(OC(C)C)c3)cc2)on1. The van der Waals surface area contributed by atoms with E-state index in [4.69, 9.17) is 23.5 Å². The summed E-state index contributed by atoms with van der Waals surface area (Å²) in [5.74, 6) is 2.01. The highest BCUT2D eigenvalue weighted by atomic mass is 16.7. The Hall–Kier alpha value is -3.32. The molecule has 0 saturated heterocycles. The van der Waals surface area contributed by atoms with Crippen LogP contribution in [-0.2, 0) is 4.74 Å². The second-order valence-corrected chi connectivity index (χ2v) is 6.51. The number of methoxy groups -OCH3 is 1. The maximum Gasteiger partial charge on any atom is 0.256 e. The predicted octanol–water partition coefficient (Wildman–Crippen LogP) is 4.37. The molecule has 7 heteroatoms. The van der Waals surface area contributed by atoms with E-state index in [1.54, 1.807) is 36.4 Å². The fourth-order valence-corrected chi connectivity index (χ4v) is 2.55. The van der Waals surface area contributed by atoms with Crippen molar-refractivity contribution in [2.75, 3.05) is 20.5 Å². The lowest BCUT2D eigenvalue weighted by Crippen LogP contribution is -2.12. The first-order valence-corrected chi connectivity index (χ1v) is 9.17. The maximum atomic E-state index is 12.4. The summed E-state index contributed by atoms with van der Waals surface area (Å²) in [5, 5.41) is 3.81. The standard InChI is InChI=1S/C22H23NO6/c1-15(2)28-19-6-4-5-17(11-19)20(24)13-26-18-9-7-16(8-10-18)21-12-22(23-29-21)27-14-25-3/h4-12,15H,13-14H2,1-3H3. The molecule has 152 valence electrons. The molecule has 0 saturated carbocycles. The first kappa shape index (κ1) is 20.4. The van der Waals surface area contributed by atoms with E-state index in [1.165, 1.54) is 7.11 Å². The van der Waals surface area contributed by atoms with Crippen LogP contribution < -0.4 is 14.2 Å². The third kappa shape index (κ3) is 5.83. The number of benzene rings is 2. The number of aromatic nitrogens is 1. The van der Waals surface area contributed by atoms with E-state index in [1.807, 2.05) is 32.0 Å². The molecule has 0 radical (unpaired) electrons. The lowest BCUT2D eigenvalue weighted by atomic mass is 10.1. The smallest absolute Gasteiger partial charge is 0.256 e. The lowest BCUT2D eigenvalue weighted by Gasteiger charge is -2.11. The minimum absolute atomic E-state index is 0.0436. The molecule has 0 atom stereocenters. The van der Waals surface area contributed by atoms with E-state index in [-0.39, 0.29) is 25.3 Å². The molecule has 29 heavy (non-hydrogen) atoms. The molecule has 1 heterocycles. The van der Waals surface area contributed by atoms with Crippen molar-refractivity contribution in [3.05, 3.63) is 60.2 Å². The number of hydrogen-bond donors (Lipinski definition) is 0. The Morgan fingerprint density at radius 1 is 1.03 bits per heavy atom. The number of Topliss-reactive ketones (excluding diaryl/α,β-unsaturated/α-hetero) is 1. The van der Waals surface area contributed by atoms with E-state index in [0.717, 1.165) is 5.56 Å². The van der Waals surface area contributed by atoms with Gasteiger partial charge in [-0.15, -0.1) is 0 Å². The van der Waals surface area contributed by atoms with Crippen molar-refractivity contribution in [1.82, 2.24) is 5.16 Å². The van der Waals surface area contributed by atoms with Crippen LogP contribution in [0.25, 0.3) is 11.3 Å². The summed E-state index contributed by atoms with van der Waals surface area (Å²) in [5.41, 5.74) is 1.35. The Kier molecular flexibility index (Phi) is 6.86. The van der Waals surface area contributed by atoms with Crippen LogP contribution in [0, 0.1) is 0 Å². The third-order valence-corrected chi connectivity index (χ3v) is 3.85. The molecule has 0 spiro atoms. The summed E-state index contributed by atoms with van der Waals surface area (Å²) in [7, 11) is 1.53. The predicted molar refractivity (Wildman–Crippen MR) is 106 cm³/mol. The number of carbonyl (C=O) groups excluding carboxylic acids is 1. The molecule has 1 aromatic heterocycles. The van der Waals surface area contributed by atoms with Gasteiger partial charge in [0, 0.05) is 24.3 Å². The topological polar surface area (TPSA) is 80.0 Å². The molecule has 0 bridgehead atoms. The molecule has 0 amide bonds. The van der Waals surface area contributed by atoms with Gasteiger partial charge < -0.3 is 23.5 Å². The van der Waals surface area contributed by atoms with Crippen molar-refractivity contribution in [3.63, 3.8) is 0 Å². The molecule has 2 aromatic carbocycles. The molecule has 3 rings (SSSR count). The normalized spacial score (nSPS) is 10.8. The van der Waals surface area contributed by atoms with Crippen LogP contribution in [0.2, 0.25) is 0 Å². The highest BCUT2D eigenvalue weighted by Gasteiger charge is 2.11. The van der Waals surface area contributed by atoms with Crippen LogP contribution in [0.3, 0.4) is 0 Å². The lowest BCUT2D eigenvalue weighted by molar-refractivity contribution is 0.0453. The average Bonchev–Trinajstić information content (AvgIpc) is 3.19. The molecule has 0 aliphatic carbocycles. The summed E-state index contributed by atoms with van der Waals surface area (Å²) in [6.45, 7) is 3.90. The van der Waals surface area contributed by atoms with Crippen LogP contribution >= 0.6 is 0 Å². The Labute approximate surface area is 169 Å². The van der Waals surface area contributed by atoms with Crippen LogP contribution in [0.4, 0.5) is 0 Å². The van der Waals surface area contributed by atoms with Gasteiger partial charge in [0.25, 0.3) is 5.88 Å². The summed E-state index contributed by atoms with van der Waals surface area (Å²) >= 11 is 0. The molecule has 0 N–H and O–H groups in total. The number of carbonyl (C=O) groups is 1. The molecule has 0 aliphatic rings. The van der Waals surface area contributed by atoms with Gasteiger partial charge in [0.15, 0.2) is 24.9 Å². The minimum Gasteiger partial charge on any atom is -0.491 e. The van der Waals surface area contributed by atoms with Gasteiger partial charge in [-0.1, -0.05) is 12.1 Å². The number of hydrogen-bond acceptors (Lipinski definition) is 7. The number of ketones is 1. The van der Waals surface area contributed by atoms with Gasteiger partial charge in [-0.3, -0.25) is 4.79 Å². The maximum absolute atomic E-state index is 12.4. The van der Waals surface area contributed by atoms with Gasteiger partial charge in [-0.2, -0.15) is 0 Å². The fourth-order valence-electron chi connectivity index (χ4n) is 2.55. The van der Waals surface area contributed by atoms with Crippen molar-refractivity contribution in [1.29, 1.82) is 0 Å². The zero-order valence-corrected chi connectivity index (χ0v) is 16.6. The molecule has 7 nitrogen and oxygen atoms in total. The van der Waals surface area contributed by atoms with E-state index in [2.05, 4.69) is 5.16 Å². The highest BCUT2D eigenvalue weighted by Crippen LogP contribution is 2.26. The fraction of sp³-hybridized carbons (Fsp3) is 0.273. The largest absolute Gasteiger partial charge is 0.491 e. The van der Waals surface area contributed by atoms with Crippen LogP contribution in [0.1, 0.15) is 24.2 Å². The third-order valence-electron chi connectivity index (χ3n) is 3.85. The Morgan fingerprint density at radius 2 is 1.83 bits per heavy atom. The van der Waals surface area contributed by atoms with Crippen LogP contribution in [0.15, 0.2) is 59.1 Å². The van der Waals surface area contributed by atoms with Crippen LogP contribution in [0.5, 0.6) is 17.4 Å². The van der Waals surface area contributed by atoms with Crippen molar-refractivity contribution < 1.29 is 28.3 Å². The molecule has 3 aromatic rings. The summed E-state index contributed by atoms with van der Waals surface area (Å²) in [6, 6.07) is 15.9. The first-order chi connectivity index (χ1) is 14.0. The van der Waals surface area contributed by atoms with E-state index >= 15 is 0 Å². The highest BCUT2D eigenvalue weighted by molar-refractivity contribution is 5.97. The molecule has 0 aliphatic heterocycles. The first-order valence-electron chi connectivity index (χ1n) is 9.17. The van der Waals surface area contributed by atoms with E-state index in [9.17, 15) is 4.79 Å². The quantitative estimate of drug-likeness (QED) is 0.371. The summed E-state index contributed by atoms with van der Waals surface area (Å²) < 4.78 is 26.5. The van der Waals surface area contributed by atoms with Crippen molar-refractivity contribution in [2.45, 2.75) is 20.0 Å². The molecular weight excluding hydrogens is 374 g/mol. The zero-order valence-electron chi connectivity index (χ0n) is 16.6. The van der Waals surface area contributed by atoms with Gasteiger partial charge in [0.1, 0.15) is 11.5 Å². The molecule has 0 fully saturated rings. The number of rotatable bonds is 10. The second kappa shape index (κ2) is 9.75. The van der Waals surface area contributed by atoms with Crippen LogP contribution in [-0.4, -0.2) is 37.6 Å². The average molecular weight is 397 g/mol. The summed E-state index contributed by atoms with van der Waals surface area (Å²) in [6.07, 6.45) is 0.0436. The van der Waals surface area contributed by atoms with Gasteiger partial charge in [0.05, 0.1) is 6.10 Å². The number of ether oxygens (including phenoxy) is 4. The monoisotopic (exact) mass is 397 g/mol. The minimum atomic E-state index is -0.126. The van der Waals surface area contributed by atoms with Crippen molar-refractivity contribution in [3.8, 4) is 28.7 Å².